The van der Waals surface area contributed by atoms with E-state index in [1.165, 1.54) is 25.3 Å². The molecule has 0 radical (unpaired) electrons. The lowest BCUT2D eigenvalue weighted by molar-refractivity contribution is -0.274. The molecule has 1 rings (SSSR count). The van der Waals surface area contributed by atoms with Crippen molar-refractivity contribution in [3.05, 3.63) is 36.4 Å². The number of ether oxygens (including phenoxy) is 2. The maximum absolute atomic E-state index is 12.1. The number of nitrogens with two attached hydrogens (primary N) is 1. The quantitative estimate of drug-likeness (QED) is 0.808. The van der Waals surface area contributed by atoms with E-state index in [0.29, 0.717) is 18.4 Å². The van der Waals surface area contributed by atoms with Crippen LogP contribution in [-0.2, 0) is 0 Å². The molecule has 1 atom stereocenters. The number of hydrogen-bond acceptors (Lipinski definition) is 3. The van der Waals surface area contributed by atoms with Gasteiger partial charge in [-0.25, -0.2) is 0 Å². The second-order valence-corrected chi connectivity index (χ2v) is 3.92. The monoisotopic (exact) mass is 311 g/mol. The molecule has 0 unspecified atom stereocenters. The van der Waals surface area contributed by atoms with Crippen molar-refractivity contribution in [2.45, 2.75) is 25.2 Å². The third-order valence-electron chi connectivity index (χ3n) is 2.52. The third-order valence-corrected chi connectivity index (χ3v) is 2.52. The van der Waals surface area contributed by atoms with Gasteiger partial charge in [-0.3, -0.25) is 0 Å². The standard InChI is InChI=1S/C13H16F3NO2.ClH/c1-3-4-5-11(17)10-7-6-9(8-12(10)18-2)19-13(14,15)16;/h3,6-8,11H,1,4-5,17H2,2H3;1H/t11-;/m1./s1. The topological polar surface area (TPSA) is 44.5 Å². The summed E-state index contributed by atoms with van der Waals surface area (Å²) in [6, 6.07) is 3.55. The molecular formula is C13H17ClF3NO2. The minimum absolute atomic E-state index is 0. The van der Waals surface area contributed by atoms with Gasteiger partial charge in [-0.2, -0.15) is 0 Å². The number of methoxy groups -OCH3 is 1. The van der Waals surface area contributed by atoms with E-state index in [0.717, 1.165) is 0 Å². The van der Waals surface area contributed by atoms with Gasteiger partial charge < -0.3 is 15.2 Å². The van der Waals surface area contributed by atoms with Crippen LogP contribution in [0.2, 0.25) is 0 Å². The average molecular weight is 312 g/mol. The van der Waals surface area contributed by atoms with Crippen molar-refractivity contribution in [1.29, 1.82) is 0 Å². The van der Waals surface area contributed by atoms with Crippen LogP contribution in [0.3, 0.4) is 0 Å². The van der Waals surface area contributed by atoms with Crippen LogP contribution in [0.25, 0.3) is 0 Å². The molecule has 0 amide bonds. The van der Waals surface area contributed by atoms with E-state index in [1.807, 2.05) is 0 Å². The summed E-state index contributed by atoms with van der Waals surface area (Å²) in [5.74, 6) is -0.0534. The number of hydrogen-bond donors (Lipinski definition) is 1. The Hall–Kier alpha value is -1.40. The lowest BCUT2D eigenvalue weighted by Crippen LogP contribution is -2.17. The highest BCUT2D eigenvalue weighted by Gasteiger charge is 2.31. The van der Waals surface area contributed by atoms with E-state index < -0.39 is 6.36 Å². The SMILES string of the molecule is C=CCC[C@@H](N)c1ccc(OC(F)(F)F)cc1OC.Cl. The average Bonchev–Trinajstić information content (AvgIpc) is 2.33. The Labute approximate surface area is 122 Å². The van der Waals surface area contributed by atoms with Gasteiger partial charge in [0.2, 0.25) is 0 Å². The van der Waals surface area contributed by atoms with Gasteiger partial charge in [-0.05, 0) is 18.9 Å². The smallest absolute Gasteiger partial charge is 0.496 e. The van der Waals surface area contributed by atoms with Gasteiger partial charge in [0, 0.05) is 17.7 Å². The van der Waals surface area contributed by atoms with Crippen molar-refractivity contribution in [2.75, 3.05) is 7.11 Å². The van der Waals surface area contributed by atoms with Crippen LogP contribution >= 0.6 is 12.4 Å². The van der Waals surface area contributed by atoms with E-state index in [4.69, 9.17) is 10.5 Å². The predicted molar refractivity (Wildman–Crippen MR) is 73.3 cm³/mol. The normalized spacial score (nSPS) is 12.2. The fourth-order valence-corrected chi connectivity index (χ4v) is 1.65. The third kappa shape index (κ3) is 5.71. The van der Waals surface area contributed by atoms with Crippen LogP contribution in [0.1, 0.15) is 24.4 Å². The first-order valence-electron chi connectivity index (χ1n) is 5.67. The molecule has 0 fully saturated rings. The van der Waals surface area contributed by atoms with E-state index in [-0.39, 0.29) is 29.9 Å². The van der Waals surface area contributed by atoms with Gasteiger partial charge >= 0.3 is 6.36 Å². The van der Waals surface area contributed by atoms with Crippen LogP contribution in [-0.4, -0.2) is 13.5 Å². The Morgan fingerprint density at radius 1 is 1.40 bits per heavy atom. The van der Waals surface area contributed by atoms with Gasteiger partial charge in [0.25, 0.3) is 0 Å². The first-order chi connectivity index (χ1) is 8.87. The zero-order valence-electron chi connectivity index (χ0n) is 10.9. The Balaban J connectivity index is 0.00000361. The Bertz CT molecular complexity index is 438. The van der Waals surface area contributed by atoms with Crippen LogP contribution in [0.5, 0.6) is 11.5 Å². The molecular weight excluding hydrogens is 295 g/mol. The summed E-state index contributed by atoms with van der Waals surface area (Å²) in [7, 11) is 1.37. The number of benzene rings is 1. The van der Waals surface area contributed by atoms with Crippen LogP contribution < -0.4 is 15.2 Å². The van der Waals surface area contributed by atoms with Gasteiger partial charge in [0.15, 0.2) is 0 Å². The zero-order chi connectivity index (χ0) is 14.5. The first kappa shape index (κ1) is 18.6. The molecule has 0 bridgehead atoms. The highest BCUT2D eigenvalue weighted by Crippen LogP contribution is 2.32. The maximum atomic E-state index is 12.1. The van der Waals surface area contributed by atoms with Crippen molar-refractivity contribution in [2.24, 2.45) is 5.73 Å². The summed E-state index contributed by atoms with van der Waals surface area (Å²) in [5, 5.41) is 0. The number of alkyl halides is 3. The minimum atomic E-state index is -4.72. The van der Waals surface area contributed by atoms with E-state index in [9.17, 15) is 13.2 Å². The Morgan fingerprint density at radius 2 is 2.05 bits per heavy atom. The number of halogens is 4. The van der Waals surface area contributed by atoms with E-state index in [2.05, 4.69) is 11.3 Å². The maximum Gasteiger partial charge on any atom is 0.573 e. The molecule has 2 N–H and O–H groups in total. The molecule has 0 aromatic heterocycles. The largest absolute Gasteiger partial charge is 0.573 e. The zero-order valence-corrected chi connectivity index (χ0v) is 11.8. The molecule has 0 heterocycles. The molecule has 7 heteroatoms. The molecule has 0 aliphatic heterocycles. The number of rotatable bonds is 6. The fraction of sp³-hybridized carbons (Fsp3) is 0.385. The van der Waals surface area contributed by atoms with Crippen LogP contribution in [0.4, 0.5) is 13.2 Å². The van der Waals surface area contributed by atoms with Crippen molar-refractivity contribution >= 4 is 12.4 Å². The fourth-order valence-electron chi connectivity index (χ4n) is 1.65. The number of allylic oxidation sites excluding steroid dienone is 1. The van der Waals surface area contributed by atoms with Crippen molar-refractivity contribution < 1.29 is 22.6 Å². The van der Waals surface area contributed by atoms with Crippen LogP contribution in [0, 0.1) is 0 Å². The molecule has 1 aromatic carbocycles. The molecule has 1 aromatic rings. The minimum Gasteiger partial charge on any atom is -0.496 e. The summed E-state index contributed by atoms with van der Waals surface area (Å²) >= 11 is 0. The summed E-state index contributed by atoms with van der Waals surface area (Å²) in [6.45, 7) is 3.59. The molecule has 0 saturated heterocycles. The van der Waals surface area contributed by atoms with Crippen molar-refractivity contribution in [1.82, 2.24) is 0 Å². The molecule has 0 saturated carbocycles. The Morgan fingerprint density at radius 3 is 2.55 bits per heavy atom. The molecule has 0 aliphatic carbocycles. The summed E-state index contributed by atoms with van der Waals surface area (Å²) in [4.78, 5) is 0. The molecule has 0 aliphatic rings. The predicted octanol–water partition coefficient (Wildman–Crippen LogP) is 3.98. The molecule has 20 heavy (non-hydrogen) atoms. The first-order valence-corrected chi connectivity index (χ1v) is 5.67. The molecule has 114 valence electrons. The van der Waals surface area contributed by atoms with Crippen LogP contribution in [0.15, 0.2) is 30.9 Å². The molecule has 3 nitrogen and oxygen atoms in total. The second-order valence-electron chi connectivity index (χ2n) is 3.92. The summed E-state index contributed by atoms with van der Waals surface area (Å²) in [6.07, 6.45) is -1.64. The van der Waals surface area contributed by atoms with Crippen molar-refractivity contribution in [3.63, 3.8) is 0 Å². The lowest BCUT2D eigenvalue weighted by atomic mass is 10.0. The van der Waals surface area contributed by atoms with Gasteiger partial charge in [-0.15, -0.1) is 32.2 Å². The summed E-state index contributed by atoms with van der Waals surface area (Å²) < 4.78 is 45.2. The lowest BCUT2D eigenvalue weighted by Gasteiger charge is -2.17. The van der Waals surface area contributed by atoms with Crippen molar-refractivity contribution in [3.8, 4) is 11.5 Å². The second kappa shape index (κ2) is 8.01. The molecule has 0 spiro atoms. The van der Waals surface area contributed by atoms with Gasteiger partial charge in [0.1, 0.15) is 11.5 Å². The summed E-state index contributed by atoms with van der Waals surface area (Å²) in [5.41, 5.74) is 6.58. The van der Waals surface area contributed by atoms with Gasteiger partial charge in [0.05, 0.1) is 7.11 Å². The highest BCUT2D eigenvalue weighted by atomic mass is 35.5. The van der Waals surface area contributed by atoms with Gasteiger partial charge in [-0.1, -0.05) is 12.1 Å². The highest BCUT2D eigenvalue weighted by molar-refractivity contribution is 5.85. The van der Waals surface area contributed by atoms with E-state index in [1.54, 1.807) is 6.08 Å². The van der Waals surface area contributed by atoms with E-state index >= 15 is 0 Å². The Kier molecular flexibility index (Phi) is 7.45.